The number of ketones is 2. The first-order valence-electron chi connectivity index (χ1n) is 7.52. The van der Waals surface area contributed by atoms with Gasteiger partial charge < -0.3 is 14.2 Å². The first-order chi connectivity index (χ1) is 10.8. The summed E-state index contributed by atoms with van der Waals surface area (Å²) in [6, 6.07) is 1.80. The number of hydrogen-bond donors (Lipinski definition) is 0. The Hall–Kier alpha value is -2.30. The molecule has 1 aromatic rings. The summed E-state index contributed by atoms with van der Waals surface area (Å²) in [5.41, 5.74) is 1.63. The molecule has 0 bridgehead atoms. The van der Waals surface area contributed by atoms with Crippen molar-refractivity contribution in [3.63, 3.8) is 0 Å². The Morgan fingerprint density at radius 3 is 2.30 bits per heavy atom. The van der Waals surface area contributed by atoms with E-state index in [0.717, 1.165) is 5.56 Å². The highest BCUT2D eigenvalue weighted by Gasteiger charge is 2.51. The van der Waals surface area contributed by atoms with Gasteiger partial charge >= 0.3 is 0 Å². The number of carbonyl (C=O) groups excluding carboxylic acids is 2. The molecule has 0 radical (unpaired) electrons. The fraction of sp³-hybridized carbons (Fsp3) is 0.444. The predicted molar refractivity (Wildman–Crippen MR) is 84.9 cm³/mol. The predicted octanol–water partition coefficient (Wildman–Crippen LogP) is 2.93. The summed E-state index contributed by atoms with van der Waals surface area (Å²) in [6.45, 7) is 7.62. The van der Waals surface area contributed by atoms with Gasteiger partial charge in [-0.1, -0.05) is 13.8 Å². The smallest absolute Gasteiger partial charge is 0.237 e. The first kappa shape index (κ1) is 15.6. The molecule has 5 heteroatoms. The molecule has 0 fully saturated rings. The number of fused-ring (bicyclic) bond motifs is 2. The minimum Gasteiger partial charge on any atom is -0.493 e. The molecule has 1 heterocycles. The van der Waals surface area contributed by atoms with Crippen LogP contribution in [0.25, 0.3) is 5.76 Å². The van der Waals surface area contributed by atoms with Crippen LogP contribution in [0.1, 0.15) is 42.3 Å². The van der Waals surface area contributed by atoms with Crippen molar-refractivity contribution >= 4 is 17.3 Å². The van der Waals surface area contributed by atoms with Crippen molar-refractivity contribution in [1.82, 2.24) is 0 Å². The van der Waals surface area contributed by atoms with Crippen LogP contribution < -0.4 is 9.47 Å². The molecule has 0 spiro atoms. The molecule has 0 amide bonds. The van der Waals surface area contributed by atoms with Crippen LogP contribution in [0.3, 0.4) is 0 Å². The van der Waals surface area contributed by atoms with Crippen molar-refractivity contribution < 1.29 is 23.8 Å². The van der Waals surface area contributed by atoms with E-state index < -0.39 is 17.0 Å². The second kappa shape index (κ2) is 4.85. The van der Waals surface area contributed by atoms with E-state index in [-0.39, 0.29) is 17.4 Å². The van der Waals surface area contributed by atoms with Crippen LogP contribution in [0.2, 0.25) is 0 Å². The van der Waals surface area contributed by atoms with Crippen LogP contribution in [0.5, 0.6) is 11.5 Å². The van der Waals surface area contributed by atoms with Gasteiger partial charge in [-0.05, 0) is 25.5 Å². The van der Waals surface area contributed by atoms with Gasteiger partial charge in [-0.2, -0.15) is 0 Å². The monoisotopic (exact) mass is 316 g/mol. The zero-order valence-corrected chi connectivity index (χ0v) is 14.2. The number of Topliss-reactive ketones (excluding diaryl/α,β-unsaturated/α-hetero) is 2. The third-order valence-corrected chi connectivity index (χ3v) is 4.94. The number of benzene rings is 1. The zero-order valence-electron chi connectivity index (χ0n) is 14.2. The number of methoxy groups -OCH3 is 2. The van der Waals surface area contributed by atoms with E-state index in [1.54, 1.807) is 6.07 Å². The van der Waals surface area contributed by atoms with Crippen molar-refractivity contribution in [2.24, 2.45) is 5.41 Å². The Labute approximate surface area is 135 Å². The zero-order chi connectivity index (χ0) is 17.1. The van der Waals surface area contributed by atoms with Gasteiger partial charge in [-0.25, -0.2) is 0 Å². The van der Waals surface area contributed by atoms with Gasteiger partial charge in [0.2, 0.25) is 11.6 Å². The summed E-state index contributed by atoms with van der Waals surface area (Å²) < 4.78 is 16.6. The van der Waals surface area contributed by atoms with Gasteiger partial charge in [0.1, 0.15) is 11.9 Å². The lowest BCUT2D eigenvalue weighted by Crippen LogP contribution is -2.32. The Morgan fingerprint density at radius 1 is 1.09 bits per heavy atom. The fourth-order valence-electron chi connectivity index (χ4n) is 3.32. The van der Waals surface area contributed by atoms with Gasteiger partial charge in [0, 0.05) is 11.0 Å². The van der Waals surface area contributed by atoms with E-state index in [9.17, 15) is 9.59 Å². The second-order valence-corrected chi connectivity index (χ2v) is 6.52. The molecule has 1 atom stereocenters. The third kappa shape index (κ3) is 1.85. The lowest BCUT2D eigenvalue weighted by Gasteiger charge is -2.25. The number of carbonyl (C=O) groups is 2. The molecular weight excluding hydrogens is 296 g/mol. The Balaban J connectivity index is 2.41. The van der Waals surface area contributed by atoms with Gasteiger partial charge in [0.25, 0.3) is 0 Å². The quantitative estimate of drug-likeness (QED) is 0.785. The summed E-state index contributed by atoms with van der Waals surface area (Å²) in [6.07, 6.45) is -0.192. The maximum absolute atomic E-state index is 12.8. The van der Waals surface area contributed by atoms with Crippen molar-refractivity contribution in [3.8, 4) is 11.5 Å². The Kier molecular flexibility index (Phi) is 3.29. The van der Waals surface area contributed by atoms with Crippen LogP contribution in [0, 0.1) is 12.3 Å². The van der Waals surface area contributed by atoms with E-state index in [0.29, 0.717) is 22.6 Å². The Bertz CT molecular complexity index is 770. The minimum atomic E-state index is -0.566. The lowest BCUT2D eigenvalue weighted by atomic mass is 9.73. The van der Waals surface area contributed by atoms with Crippen molar-refractivity contribution in [3.05, 3.63) is 28.3 Å². The number of hydrogen-bond acceptors (Lipinski definition) is 5. The topological polar surface area (TPSA) is 61.8 Å². The summed E-state index contributed by atoms with van der Waals surface area (Å²) >= 11 is 0. The van der Waals surface area contributed by atoms with Crippen LogP contribution in [0.4, 0.5) is 0 Å². The van der Waals surface area contributed by atoms with Crippen LogP contribution in [0.15, 0.2) is 11.6 Å². The molecule has 122 valence electrons. The maximum Gasteiger partial charge on any atom is 0.237 e. The third-order valence-electron chi connectivity index (χ3n) is 4.94. The number of ether oxygens (including phenoxy) is 3. The molecule has 1 aliphatic heterocycles. The molecule has 5 nitrogen and oxygen atoms in total. The standard InChI is InChI=1S/C18H20O5/c1-8-7-10(21-5)16(22-6)12-11(8)17-13(15(20)14(12)19)18(3,4)9(2)23-17/h7,9H,1-6H3. The fourth-order valence-corrected chi connectivity index (χ4v) is 3.32. The normalized spacial score (nSPS) is 21.7. The molecular formula is C18H20O5. The molecule has 23 heavy (non-hydrogen) atoms. The molecule has 2 aliphatic rings. The molecule has 1 aliphatic carbocycles. The summed E-state index contributed by atoms with van der Waals surface area (Å²) in [7, 11) is 2.96. The molecule has 1 aromatic carbocycles. The van der Waals surface area contributed by atoms with E-state index >= 15 is 0 Å². The SMILES string of the molecule is COc1cc(C)c2c(c1OC)C(=O)C(=O)C1=C2OC(C)C1(C)C. The van der Waals surface area contributed by atoms with Crippen molar-refractivity contribution in [2.75, 3.05) is 14.2 Å². The highest BCUT2D eigenvalue weighted by molar-refractivity contribution is 6.53. The van der Waals surface area contributed by atoms with Crippen molar-refractivity contribution in [1.29, 1.82) is 0 Å². The van der Waals surface area contributed by atoms with E-state index in [1.165, 1.54) is 14.2 Å². The van der Waals surface area contributed by atoms with Gasteiger partial charge in [0.15, 0.2) is 11.5 Å². The minimum absolute atomic E-state index is 0.192. The second-order valence-electron chi connectivity index (χ2n) is 6.52. The van der Waals surface area contributed by atoms with Crippen LogP contribution in [-0.4, -0.2) is 31.9 Å². The average molecular weight is 316 g/mol. The van der Waals surface area contributed by atoms with E-state index in [2.05, 4.69) is 0 Å². The molecule has 0 saturated carbocycles. The molecule has 0 N–H and O–H groups in total. The van der Waals surface area contributed by atoms with E-state index in [1.807, 2.05) is 27.7 Å². The first-order valence-corrected chi connectivity index (χ1v) is 7.52. The largest absolute Gasteiger partial charge is 0.493 e. The van der Waals surface area contributed by atoms with Crippen LogP contribution >= 0.6 is 0 Å². The molecule has 0 aromatic heterocycles. The summed E-state index contributed by atoms with van der Waals surface area (Å²) in [4.78, 5) is 25.5. The van der Waals surface area contributed by atoms with Gasteiger partial charge in [-0.3, -0.25) is 9.59 Å². The molecule has 3 rings (SSSR count). The maximum atomic E-state index is 12.8. The Morgan fingerprint density at radius 2 is 1.74 bits per heavy atom. The number of rotatable bonds is 2. The number of aryl methyl sites for hydroxylation is 1. The molecule has 0 saturated heterocycles. The van der Waals surface area contributed by atoms with Gasteiger partial charge in [0.05, 0.1) is 25.4 Å². The van der Waals surface area contributed by atoms with E-state index in [4.69, 9.17) is 14.2 Å². The average Bonchev–Trinajstić information content (AvgIpc) is 2.73. The van der Waals surface area contributed by atoms with Crippen LogP contribution in [-0.2, 0) is 9.53 Å². The summed E-state index contributed by atoms with van der Waals surface area (Å²) in [5.74, 6) is 0.120. The highest BCUT2D eigenvalue weighted by atomic mass is 16.5. The van der Waals surface area contributed by atoms with Crippen molar-refractivity contribution in [2.45, 2.75) is 33.8 Å². The lowest BCUT2D eigenvalue weighted by molar-refractivity contribution is -0.112. The summed E-state index contributed by atoms with van der Waals surface area (Å²) in [5, 5.41) is 0. The molecule has 1 unspecified atom stereocenters. The highest BCUT2D eigenvalue weighted by Crippen LogP contribution is 2.52. The van der Waals surface area contributed by atoms with Gasteiger partial charge in [-0.15, -0.1) is 0 Å².